The van der Waals surface area contributed by atoms with Gasteiger partial charge in [-0.15, -0.1) is 5.10 Å². The minimum Gasteiger partial charge on any atom is -0.398 e. The smallest absolute Gasteiger partial charge is 0.398 e. The van der Waals surface area contributed by atoms with Gasteiger partial charge in [0.05, 0.1) is 23.4 Å². The van der Waals surface area contributed by atoms with Gasteiger partial charge in [0.15, 0.2) is 0 Å². The second-order valence-corrected chi connectivity index (χ2v) is 7.12. The summed E-state index contributed by atoms with van der Waals surface area (Å²) in [6.07, 6.45) is 3.08. The fourth-order valence-corrected chi connectivity index (χ4v) is 2.53. The molecule has 0 saturated carbocycles. The van der Waals surface area contributed by atoms with Crippen molar-refractivity contribution < 1.29 is 13.7 Å². The first kappa shape index (κ1) is 15.6. The summed E-state index contributed by atoms with van der Waals surface area (Å²) in [5.74, 6) is 0. The zero-order valence-electron chi connectivity index (χ0n) is 13.7. The molecule has 0 N–H and O–H groups in total. The van der Waals surface area contributed by atoms with E-state index in [1.807, 2.05) is 34.7 Å². The zero-order chi connectivity index (χ0) is 16.1. The number of hydrogen-bond acceptors (Lipinski definition) is 5. The molecule has 3 rings (SSSR count). The molecular weight excluding hydrogens is 286 g/mol. The van der Waals surface area contributed by atoms with Crippen molar-refractivity contribution in [3.8, 4) is 0 Å². The fraction of sp³-hybridized carbons (Fsp3) is 0.714. The maximum atomic E-state index is 14.4. The third-order valence-electron chi connectivity index (χ3n) is 4.71. The second-order valence-electron chi connectivity index (χ2n) is 7.12. The van der Waals surface area contributed by atoms with Crippen molar-refractivity contribution in [1.29, 1.82) is 0 Å². The topological polar surface area (TPSA) is 52.4 Å². The van der Waals surface area contributed by atoms with Gasteiger partial charge in [-0.1, -0.05) is 5.21 Å². The summed E-state index contributed by atoms with van der Waals surface area (Å²) in [4.78, 5) is 2.19. The molecule has 120 valence electrons. The van der Waals surface area contributed by atoms with E-state index < -0.39 is 24.0 Å². The zero-order valence-corrected chi connectivity index (χ0v) is 13.7. The molecule has 0 aliphatic carbocycles. The first-order valence-corrected chi connectivity index (χ1v) is 7.51. The summed E-state index contributed by atoms with van der Waals surface area (Å²) in [6, 6.07) is 0.319. The Morgan fingerprint density at radius 2 is 1.91 bits per heavy atom. The highest BCUT2D eigenvalue weighted by Crippen LogP contribution is 2.39. The van der Waals surface area contributed by atoms with Crippen LogP contribution >= 0.6 is 0 Å². The number of aromatic nitrogens is 3. The van der Waals surface area contributed by atoms with E-state index in [1.54, 1.807) is 10.9 Å². The Kier molecular flexibility index (Phi) is 3.66. The molecule has 0 bridgehead atoms. The summed E-state index contributed by atoms with van der Waals surface area (Å²) < 4.78 is 27.5. The van der Waals surface area contributed by atoms with Crippen LogP contribution in [0.4, 0.5) is 4.39 Å². The Labute approximate surface area is 130 Å². The van der Waals surface area contributed by atoms with Crippen LogP contribution < -0.4 is 0 Å². The van der Waals surface area contributed by atoms with Crippen molar-refractivity contribution in [3.63, 3.8) is 0 Å². The molecule has 1 aromatic rings. The van der Waals surface area contributed by atoms with Crippen LogP contribution in [0.15, 0.2) is 11.9 Å². The van der Waals surface area contributed by atoms with Crippen molar-refractivity contribution >= 4 is 13.2 Å². The number of hydrogen-bond donors (Lipinski definition) is 0. The fourth-order valence-electron chi connectivity index (χ4n) is 2.53. The van der Waals surface area contributed by atoms with Gasteiger partial charge in [0.2, 0.25) is 0 Å². The van der Waals surface area contributed by atoms with E-state index in [9.17, 15) is 4.39 Å². The third kappa shape index (κ3) is 2.70. The highest BCUT2D eigenvalue weighted by molar-refractivity contribution is 6.54. The lowest BCUT2D eigenvalue weighted by Gasteiger charge is -2.35. The van der Waals surface area contributed by atoms with E-state index in [-0.39, 0.29) is 0 Å². The molecule has 0 atom stereocenters. The average Bonchev–Trinajstić information content (AvgIpc) is 2.89. The average molecular weight is 308 g/mol. The molecule has 3 heterocycles. The van der Waals surface area contributed by atoms with Crippen LogP contribution in [0.1, 0.15) is 39.4 Å². The molecule has 2 fully saturated rings. The summed E-state index contributed by atoms with van der Waals surface area (Å²) >= 11 is 0. The van der Waals surface area contributed by atoms with Crippen LogP contribution in [-0.2, 0) is 9.31 Å². The molecule has 0 amide bonds. The molecular formula is C14H22BFN4O2. The Morgan fingerprint density at radius 3 is 2.45 bits per heavy atom. The standard InChI is InChI=1S/C14H22BFN4O2/c1-13(2)14(3,4)22-15(21-13)12(16)6-10-7-20(18-17-10)11-8-19(5)9-11/h6-7,11H,8-9H2,1-5H3. The summed E-state index contributed by atoms with van der Waals surface area (Å²) in [5, 5.41) is 8.05. The molecule has 2 aliphatic heterocycles. The molecule has 8 heteroatoms. The minimum absolute atomic E-state index is 0.319. The van der Waals surface area contributed by atoms with Gasteiger partial charge in [0, 0.05) is 13.1 Å². The van der Waals surface area contributed by atoms with Gasteiger partial charge in [-0.05, 0) is 40.8 Å². The maximum absolute atomic E-state index is 14.4. The van der Waals surface area contributed by atoms with E-state index in [2.05, 4.69) is 15.2 Å². The Balaban J connectivity index is 1.70. The lowest BCUT2D eigenvalue weighted by atomic mass is 9.87. The first-order valence-electron chi connectivity index (χ1n) is 7.51. The van der Waals surface area contributed by atoms with Gasteiger partial charge >= 0.3 is 7.12 Å². The molecule has 0 spiro atoms. The molecule has 1 aromatic heterocycles. The van der Waals surface area contributed by atoms with Crippen molar-refractivity contribution in [2.75, 3.05) is 20.1 Å². The third-order valence-corrected chi connectivity index (χ3v) is 4.71. The largest absolute Gasteiger partial charge is 0.525 e. The lowest BCUT2D eigenvalue weighted by molar-refractivity contribution is 0.00578. The van der Waals surface area contributed by atoms with Gasteiger partial charge in [0.1, 0.15) is 11.4 Å². The lowest BCUT2D eigenvalue weighted by Crippen LogP contribution is -2.45. The highest BCUT2D eigenvalue weighted by atomic mass is 19.1. The van der Waals surface area contributed by atoms with Gasteiger partial charge in [-0.3, -0.25) is 0 Å². The Hall–Kier alpha value is -1.25. The normalized spacial score (nSPS) is 25.5. The predicted molar refractivity (Wildman–Crippen MR) is 81.7 cm³/mol. The van der Waals surface area contributed by atoms with Crippen LogP contribution in [0.5, 0.6) is 0 Å². The van der Waals surface area contributed by atoms with Gasteiger partial charge in [-0.25, -0.2) is 9.07 Å². The molecule has 2 saturated heterocycles. The van der Waals surface area contributed by atoms with E-state index >= 15 is 0 Å². The van der Waals surface area contributed by atoms with Crippen LogP contribution in [-0.4, -0.2) is 58.4 Å². The van der Waals surface area contributed by atoms with Crippen LogP contribution in [0.3, 0.4) is 0 Å². The summed E-state index contributed by atoms with van der Waals surface area (Å²) in [5.41, 5.74) is -1.13. The molecule has 0 aromatic carbocycles. The molecule has 0 radical (unpaired) electrons. The van der Waals surface area contributed by atoms with Crippen molar-refractivity contribution in [3.05, 3.63) is 17.6 Å². The monoisotopic (exact) mass is 308 g/mol. The van der Waals surface area contributed by atoms with E-state index in [0.717, 1.165) is 13.1 Å². The number of rotatable bonds is 3. The van der Waals surface area contributed by atoms with Gasteiger partial charge < -0.3 is 14.2 Å². The molecule has 0 unspecified atom stereocenters. The van der Waals surface area contributed by atoms with Crippen LogP contribution in [0.2, 0.25) is 0 Å². The quantitative estimate of drug-likeness (QED) is 0.796. The summed E-state index contributed by atoms with van der Waals surface area (Å²) in [6.45, 7) is 9.44. The van der Waals surface area contributed by atoms with Crippen molar-refractivity contribution in [2.45, 2.75) is 44.9 Å². The Morgan fingerprint density at radius 1 is 1.32 bits per heavy atom. The Bertz CT molecular complexity index is 579. The first-order chi connectivity index (χ1) is 10.2. The van der Waals surface area contributed by atoms with E-state index in [1.165, 1.54) is 6.08 Å². The molecule has 6 nitrogen and oxygen atoms in total. The van der Waals surface area contributed by atoms with E-state index in [0.29, 0.717) is 11.7 Å². The number of likely N-dealkylation sites (N-methyl/N-ethyl adjacent to an activating group) is 1. The minimum atomic E-state index is -0.995. The number of nitrogens with zero attached hydrogens (tertiary/aromatic N) is 4. The maximum Gasteiger partial charge on any atom is 0.525 e. The highest BCUT2D eigenvalue weighted by Gasteiger charge is 2.53. The van der Waals surface area contributed by atoms with Crippen LogP contribution in [0.25, 0.3) is 6.08 Å². The predicted octanol–water partition coefficient (Wildman–Crippen LogP) is 1.71. The second kappa shape index (κ2) is 5.14. The van der Waals surface area contributed by atoms with Crippen LogP contribution in [0, 0.1) is 0 Å². The van der Waals surface area contributed by atoms with Crippen molar-refractivity contribution in [1.82, 2.24) is 19.9 Å². The van der Waals surface area contributed by atoms with Crippen molar-refractivity contribution in [2.24, 2.45) is 0 Å². The SMILES string of the molecule is CN1CC(n2cc(C=C(F)B3OC(C)(C)C(C)(C)O3)nn2)C1. The van der Waals surface area contributed by atoms with Gasteiger partial charge in [0.25, 0.3) is 0 Å². The summed E-state index contributed by atoms with van der Waals surface area (Å²) in [7, 11) is 1.05. The molecule has 2 aliphatic rings. The van der Waals surface area contributed by atoms with Gasteiger partial charge in [-0.2, -0.15) is 0 Å². The number of likely N-dealkylation sites (tertiary alicyclic amines) is 1. The molecule has 22 heavy (non-hydrogen) atoms. The van der Waals surface area contributed by atoms with E-state index in [4.69, 9.17) is 9.31 Å². The number of halogens is 1.